The number of hydrogen-bond acceptors (Lipinski definition) is 6. The molecule has 2 aromatic rings. The number of nitrogens with one attached hydrogen (secondary N) is 6. The first-order chi connectivity index (χ1) is 14.2. The maximum atomic E-state index is 12.7. The van der Waals surface area contributed by atoms with E-state index in [9.17, 15) is 4.79 Å². The molecule has 1 saturated carbocycles. The van der Waals surface area contributed by atoms with Crippen LogP contribution in [-0.2, 0) is 4.79 Å². The topological polar surface area (TPSA) is 119 Å². The Labute approximate surface area is 170 Å². The second-order valence-electron chi connectivity index (χ2n) is 8.70. The van der Waals surface area contributed by atoms with Gasteiger partial charge in [-0.2, -0.15) is 0 Å². The minimum absolute atomic E-state index is 0.0396. The van der Waals surface area contributed by atoms with Crippen LogP contribution in [0, 0.1) is 11.8 Å². The number of rotatable bonds is 4. The molecule has 29 heavy (non-hydrogen) atoms. The number of nitrogens with two attached hydrogens (primary N) is 1. The fourth-order valence-electron chi connectivity index (χ4n) is 5.28. The van der Waals surface area contributed by atoms with Crippen LogP contribution in [0.3, 0.4) is 0 Å². The van der Waals surface area contributed by atoms with Crippen molar-refractivity contribution < 1.29 is 4.79 Å². The Kier molecular flexibility index (Phi) is 5.17. The van der Waals surface area contributed by atoms with Crippen LogP contribution in [0.5, 0.6) is 0 Å². The summed E-state index contributed by atoms with van der Waals surface area (Å²) in [5.74, 6) is 0.153. The Bertz CT molecular complexity index is 868. The van der Waals surface area contributed by atoms with E-state index in [1.54, 1.807) is 0 Å². The minimum Gasteiger partial charge on any atom is -0.367 e. The van der Waals surface area contributed by atoms with Gasteiger partial charge in [0.05, 0.1) is 29.5 Å². The number of anilines is 1. The van der Waals surface area contributed by atoms with Gasteiger partial charge >= 0.3 is 0 Å². The van der Waals surface area contributed by atoms with Gasteiger partial charge in [-0.25, -0.2) is 5.43 Å². The van der Waals surface area contributed by atoms with Gasteiger partial charge in [-0.1, -0.05) is 25.0 Å². The van der Waals surface area contributed by atoms with Gasteiger partial charge in [-0.15, -0.1) is 0 Å². The number of carbonyl (C=O) groups excluding carboxylic acids is 1. The van der Waals surface area contributed by atoms with Gasteiger partial charge in [-0.3, -0.25) is 20.9 Å². The number of aromatic nitrogens is 1. The molecule has 1 aromatic heterocycles. The molecule has 1 aliphatic carbocycles. The maximum absolute atomic E-state index is 12.7. The predicted molar refractivity (Wildman–Crippen MR) is 114 cm³/mol. The summed E-state index contributed by atoms with van der Waals surface area (Å²) in [6.45, 7) is 0.776. The van der Waals surface area contributed by atoms with E-state index in [2.05, 4.69) is 50.0 Å². The average molecular weight is 398 g/mol. The molecule has 8 nitrogen and oxygen atoms in total. The Hall–Kier alpha value is -2.13. The summed E-state index contributed by atoms with van der Waals surface area (Å²) in [6.07, 6.45) is 7.45. The molecule has 1 aromatic carbocycles. The van der Waals surface area contributed by atoms with Crippen LogP contribution >= 0.6 is 0 Å². The lowest BCUT2D eigenvalue weighted by molar-refractivity contribution is -0.133. The molecule has 4 unspecified atom stereocenters. The summed E-state index contributed by atoms with van der Waals surface area (Å²) in [7, 11) is 0. The van der Waals surface area contributed by atoms with Gasteiger partial charge in [0.2, 0.25) is 5.91 Å². The van der Waals surface area contributed by atoms with Crippen LogP contribution in [0.1, 0.15) is 32.1 Å². The van der Waals surface area contributed by atoms with Crippen molar-refractivity contribution >= 4 is 22.5 Å². The second kappa shape index (κ2) is 7.95. The number of carbonyl (C=O) groups is 1. The second-order valence-corrected chi connectivity index (χ2v) is 8.70. The summed E-state index contributed by atoms with van der Waals surface area (Å²) in [6, 6.07) is 8.77. The van der Waals surface area contributed by atoms with E-state index in [0.29, 0.717) is 6.04 Å². The third-order valence-corrected chi connectivity index (χ3v) is 6.80. The molecule has 0 bridgehead atoms. The number of amides is 1. The molecular formula is C21H31N7O. The van der Waals surface area contributed by atoms with Crippen LogP contribution in [0.4, 0.5) is 5.69 Å². The smallest absolute Gasteiger partial charge is 0.240 e. The van der Waals surface area contributed by atoms with Crippen molar-refractivity contribution in [1.82, 2.24) is 26.5 Å². The Balaban J connectivity index is 1.38. The van der Waals surface area contributed by atoms with Crippen LogP contribution in [-0.4, -0.2) is 41.9 Å². The van der Waals surface area contributed by atoms with Gasteiger partial charge in [0.1, 0.15) is 0 Å². The molecule has 3 aliphatic rings. The van der Waals surface area contributed by atoms with Crippen molar-refractivity contribution in [3.63, 3.8) is 0 Å². The third-order valence-electron chi connectivity index (χ3n) is 6.80. The third kappa shape index (κ3) is 3.73. The summed E-state index contributed by atoms with van der Waals surface area (Å²) in [5.41, 5.74) is 14.3. The molecule has 6 atom stereocenters. The van der Waals surface area contributed by atoms with Crippen molar-refractivity contribution in [3.8, 4) is 0 Å². The lowest BCUT2D eigenvalue weighted by Gasteiger charge is -2.46. The van der Waals surface area contributed by atoms with Crippen LogP contribution in [0.2, 0.25) is 0 Å². The average Bonchev–Trinajstić information content (AvgIpc) is 3.20. The first-order valence-electron chi connectivity index (χ1n) is 10.8. The number of aromatic amines is 1. The van der Waals surface area contributed by atoms with Crippen molar-refractivity contribution in [2.24, 2.45) is 17.6 Å². The number of benzene rings is 1. The molecular weight excluding hydrogens is 366 g/mol. The molecule has 5 rings (SSSR count). The van der Waals surface area contributed by atoms with Crippen molar-refractivity contribution in [2.75, 3.05) is 11.9 Å². The van der Waals surface area contributed by atoms with Gasteiger partial charge in [0, 0.05) is 30.2 Å². The molecule has 0 radical (unpaired) electrons. The van der Waals surface area contributed by atoms with E-state index in [4.69, 9.17) is 5.73 Å². The molecule has 0 spiro atoms. The number of hydrazine groups is 1. The van der Waals surface area contributed by atoms with E-state index in [1.807, 2.05) is 12.3 Å². The standard InChI is InChI=1S/C21H31N7O/c22-14-5-1-2-6-15(14)25-17-10-13-11-24-28-21(29)18(13)20(27-17)26-16-7-3-4-12-8-9-23-19(12)16/h3-4,7-9,13-15,17-18,20,23-27H,1-2,5-6,10-11,22H2,(H,28,29)/t13?,14-,15+,17?,18?,20?/m0/s1. The summed E-state index contributed by atoms with van der Waals surface area (Å²) in [4.78, 5) is 16.0. The lowest BCUT2D eigenvalue weighted by atomic mass is 9.80. The first kappa shape index (κ1) is 18.9. The molecule has 2 aliphatic heterocycles. The maximum Gasteiger partial charge on any atom is 0.240 e. The fourth-order valence-corrected chi connectivity index (χ4v) is 5.28. The van der Waals surface area contributed by atoms with Crippen LogP contribution < -0.4 is 32.5 Å². The molecule has 8 N–H and O–H groups in total. The normalized spacial score (nSPS) is 35.1. The van der Waals surface area contributed by atoms with Gasteiger partial charge in [0.25, 0.3) is 0 Å². The summed E-state index contributed by atoms with van der Waals surface area (Å²) < 4.78 is 0. The van der Waals surface area contributed by atoms with Crippen molar-refractivity contribution in [3.05, 3.63) is 30.5 Å². The van der Waals surface area contributed by atoms with Gasteiger partial charge in [0.15, 0.2) is 0 Å². The predicted octanol–water partition coefficient (Wildman–Crippen LogP) is 0.952. The van der Waals surface area contributed by atoms with Crippen molar-refractivity contribution in [2.45, 2.75) is 56.5 Å². The lowest BCUT2D eigenvalue weighted by Crippen LogP contribution is -2.69. The monoisotopic (exact) mass is 397 g/mol. The highest BCUT2D eigenvalue weighted by Crippen LogP contribution is 2.31. The quantitative estimate of drug-likeness (QED) is 0.413. The zero-order chi connectivity index (χ0) is 19.8. The van der Waals surface area contributed by atoms with Gasteiger partial charge < -0.3 is 16.0 Å². The number of H-pyrrole nitrogens is 1. The molecule has 3 heterocycles. The molecule has 2 saturated heterocycles. The van der Waals surface area contributed by atoms with E-state index < -0.39 is 0 Å². The van der Waals surface area contributed by atoms with E-state index >= 15 is 0 Å². The van der Waals surface area contributed by atoms with E-state index in [1.165, 1.54) is 12.8 Å². The molecule has 8 heteroatoms. The van der Waals surface area contributed by atoms with Crippen LogP contribution in [0.25, 0.3) is 10.9 Å². The van der Waals surface area contributed by atoms with Crippen molar-refractivity contribution in [1.29, 1.82) is 0 Å². The first-order valence-corrected chi connectivity index (χ1v) is 10.8. The zero-order valence-corrected chi connectivity index (χ0v) is 16.6. The number of fused-ring (bicyclic) bond motifs is 2. The number of para-hydroxylation sites is 1. The Morgan fingerprint density at radius 3 is 2.93 bits per heavy atom. The highest BCUT2D eigenvalue weighted by molar-refractivity contribution is 5.91. The van der Waals surface area contributed by atoms with Gasteiger partial charge in [-0.05, 0) is 37.3 Å². The Morgan fingerprint density at radius 2 is 2.03 bits per heavy atom. The molecule has 3 fully saturated rings. The largest absolute Gasteiger partial charge is 0.367 e. The minimum atomic E-state index is -0.165. The number of piperidine rings is 1. The summed E-state index contributed by atoms with van der Waals surface area (Å²) in [5, 5.41) is 12.2. The zero-order valence-electron chi connectivity index (χ0n) is 16.6. The highest BCUT2D eigenvalue weighted by atomic mass is 16.2. The molecule has 1 amide bonds. The number of hydrogen-bond donors (Lipinski definition) is 7. The highest BCUT2D eigenvalue weighted by Gasteiger charge is 2.44. The SMILES string of the molecule is N[C@H]1CCCC[C@H]1NC1CC2CNNC(=O)C2C(Nc2cccc3cc[nH]c23)N1. The van der Waals surface area contributed by atoms with E-state index in [-0.39, 0.29) is 36.1 Å². The Morgan fingerprint density at radius 1 is 1.14 bits per heavy atom. The molecule has 156 valence electrons. The fraction of sp³-hybridized carbons (Fsp3) is 0.571. The van der Waals surface area contributed by atoms with Crippen LogP contribution in [0.15, 0.2) is 30.5 Å². The van der Waals surface area contributed by atoms with E-state index in [0.717, 1.165) is 42.4 Å². The summed E-state index contributed by atoms with van der Waals surface area (Å²) >= 11 is 0.